The summed E-state index contributed by atoms with van der Waals surface area (Å²) in [6, 6.07) is -0.626. The molecule has 0 saturated carbocycles. The lowest BCUT2D eigenvalue weighted by molar-refractivity contribution is -0.143. The van der Waals surface area contributed by atoms with Crippen molar-refractivity contribution < 1.29 is 24.5 Å². The number of carbonyl (C=O) groups excluding carboxylic acids is 2. The van der Waals surface area contributed by atoms with Crippen LogP contribution in [-0.2, 0) is 14.3 Å². The number of hydrogen-bond acceptors (Lipinski definition) is 5. The first kappa shape index (κ1) is 67.3. The molecule has 1 amide bonds. The van der Waals surface area contributed by atoms with E-state index in [-0.39, 0.29) is 18.5 Å². The van der Waals surface area contributed by atoms with E-state index in [1.807, 2.05) is 6.08 Å². The van der Waals surface area contributed by atoms with E-state index in [1.54, 1.807) is 6.08 Å². The Kier molecular flexibility index (Phi) is 57.5. The Bertz CT molecular complexity index is 1080. The van der Waals surface area contributed by atoms with Gasteiger partial charge in [0.05, 0.1) is 25.4 Å². The van der Waals surface area contributed by atoms with E-state index in [9.17, 15) is 19.8 Å². The molecule has 69 heavy (non-hydrogen) atoms. The first-order chi connectivity index (χ1) is 34.0. The van der Waals surface area contributed by atoms with Crippen molar-refractivity contribution in [1.82, 2.24) is 5.32 Å². The molecule has 0 aromatic carbocycles. The van der Waals surface area contributed by atoms with Gasteiger partial charge in [-0.25, -0.2) is 0 Å². The third-order valence-corrected chi connectivity index (χ3v) is 14.5. The van der Waals surface area contributed by atoms with Gasteiger partial charge in [0, 0.05) is 12.8 Å². The minimum absolute atomic E-state index is 0.00677. The predicted octanol–water partition coefficient (Wildman–Crippen LogP) is 19.4. The molecule has 0 aromatic rings. The third-order valence-electron chi connectivity index (χ3n) is 14.5. The number of amides is 1. The number of ether oxygens (including phenoxy) is 1. The van der Waals surface area contributed by atoms with Gasteiger partial charge >= 0.3 is 5.97 Å². The van der Waals surface area contributed by atoms with Crippen molar-refractivity contribution in [1.29, 1.82) is 0 Å². The van der Waals surface area contributed by atoms with Crippen LogP contribution in [0.5, 0.6) is 0 Å². The fourth-order valence-corrected chi connectivity index (χ4v) is 9.69. The Labute approximate surface area is 431 Å². The Morgan fingerprint density at radius 1 is 0.391 bits per heavy atom. The largest absolute Gasteiger partial charge is 0.466 e. The van der Waals surface area contributed by atoms with Crippen molar-refractivity contribution in [2.75, 3.05) is 13.2 Å². The highest BCUT2D eigenvalue weighted by Crippen LogP contribution is 2.18. The molecule has 6 nitrogen and oxygen atoms in total. The van der Waals surface area contributed by atoms with Crippen LogP contribution >= 0.6 is 0 Å². The van der Waals surface area contributed by atoms with Gasteiger partial charge < -0.3 is 20.3 Å². The molecule has 0 radical (unpaired) electrons. The Morgan fingerprint density at radius 3 is 1.03 bits per heavy atom. The van der Waals surface area contributed by atoms with Gasteiger partial charge in [0.25, 0.3) is 0 Å². The summed E-state index contributed by atoms with van der Waals surface area (Å²) in [5, 5.41) is 23.1. The molecule has 0 aliphatic carbocycles. The minimum Gasteiger partial charge on any atom is -0.466 e. The lowest BCUT2D eigenvalue weighted by Crippen LogP contribution is -2.45. The van der Waals surface area contributed by atoms with E-state index >= 15 is 0 Å². The highest BCUT2D eigenvalue weighted by atomic mass is 16.5. The van der Waals surface area contributed by atoms with Crippen LogP contribution in [0.15, 0.2) is 24.3 Å². The lowest BCUT2D eigenvalue weighted by Gasteiger charge is -2.20. The number of aliphatic hydroxyl groups excluding tert-OH is 2. The first-order valence-corrected chi connectivity index (χ1v) is 31.1. The van der Waals surface area contributed by atoms with Gasteiger partial charge in [-0.3, -0.25) is 9.59 Å². The van der Waals surface area contributed by atoms with Crippen LogP contribution in [0.2, 0.25) is 0 Å². The van der Waals surface area contributed by atoms with E-state index in [4.69, 9.17) is 4.74 Å². The average molecular weight is 973 g/mol. The smallest absolute Gasteiger partial charge is 0.305 e. The van der Waals surface area contributed by atoms with Gasteiger partial charge in [0.2, 0.25) is 5.91 Å². The van der Waals surface area contributed by atoms with Crippen LogP contribution < -0.4 is 5.32 Å². The number of unbranched alkanes of at least 4 members (excludes halogenated alkanes) is 45. The maximum atomic E-state index is 12.4. The van der Waals surface area contributed by atoms with E-state index in [0.29, 0.717) is 19.4 Å². The molecule has 0 fully saturated rings. The van der Waals surface area contributed by atoms with Crippen molar-refractivity contribution in [3.05, 3.63) is 24.3 Å². The van der Waals surface area contributed by atoms with E-state index < -0.39 is 12.1 Å². The lowest BCUT2D eigenvalue weighted by atomic mass is 10.0. The SMILES string of the molecule is CCCCCCCCC/C=C\CCCCCCCC(=O)OCCCCCCCCCCCCCCCCCCCCCCCCCC(=O)NC(CO)C(O)/C=C/CCCCCCCCCCCCC. The van der Waals surface area contributed by atoms with Gasteiger partial charge in [0.15, 0.2) is 0 Å². The second kappa shape index (κ2) is 58.9. The predicted molar refractivity (Wildman–Crippen MR) is 301 cm³/mol. The molecule has 0 aliphatic rings. The van der Waals surface area contributed by atoms with E-state index in [2.05, 4.69) is 31.3 Å². The van der Waals surface area contributed by atoms with Crippen LogP contribution in [0, 0.1) is 0 Å². The second-order valence-corrected chi connectivity index (χ2v) is 21.4. The number of nitrogens with one attached hydrogen (secondary N) is 1. The molecule has 2 atom stereocenters. The fraction of sp³-hybridized carbons (Fsp3) is 0.905. The van der Waals surface area contributed by atoms with Crippen LogP contribution in [0.3, 0.4) is 0 Å². The molecule has 0 bridgehead atoms. The van der Waals surface area contributed by atoms with E-state index in [0.717, 1.165) is 44.9 Å². The highest BCUT2D eigenvalue weighted by molar-refractivity contribution is 5.76. The molecule has 0 saturated heterocycles. The van der Waals surface area contributed by atoms with Gasteiger partial charge in [-0.05, 0) is 57.8 Å². The summed E-state index contributed by atoms with van der Waals surface area (Å²) in [5.41, 5.74) is 0. The Hall–Kier alpha value is -1.66. The number of allylic oxidation sites excluding steroid dienone is 3. The summed E-state index contributed by atoms with van der Waals surface area (Å²) < 4.78 is 5.49. The normalized spacial score (nSPS) is 12.7. The summed E-state index contributed by atoms with van der Waals surface area (Å²) in [7, 11) is 0. The maximum absolute atomic E-state index is 12.4. The number of hydrogen-bond donors (Lipinski definition) is 3. The molecule has 6 heteroatoms. The summed E-state index contributed by atoms with van der Waals surface area (Å²) in [5.74, 6) is -0.0599. The molecular formula is C63H121NO5. The van der Waals surface area contributed by atoms with Crippen molar-refractivity contribution in [2.24, 2.45) is 0 Å². The quantitative estimate of drug-likeness (QED) is 0.0321. The topological polar surface area (TPSA) is 95.9 Å². The van der Waals surface area contributed by atoms with Crippen molar-refractivity contribution in [3.63, 3.8) is 0 Å². The van der Waals surface area contributed by atoms with Gasteiger partial charge in [0.1, 0.15) is 0 Å². The Balaban J connectivity index is 3.37. The molecule has 3 N–H and O–H groups in total. The van der Waals surface area contributed by atoms with Gasteiger partial charge in [-0.1, -0.05) is 295 Å². The molecule has 408 valence electrons. The minimum atomic E-state index is -0.843. The van der Waals surface area contributed by atoms with Crippen LogP contribution in [0.4, 0.5) is 0 Å². The van der Waals surface area contributed by atoms with Crippen molar-refractivity contribution in [2.45, 2.75) is 353 Å². The maximum Gasteiger partial charge on any atom is 0.305 e. The number of carbonyl (C=O) groups is 2. The molecular weight excluding hydrogens is 851 g/mol. The third kappa shape index (κ3) is 55.5. The van der Waals surface area contributed by atoms with Crippen LogP contribution in [0.1, 0.15) is 341 Å². The van der Waals surface area contributed by atoms with Crippen LogP contribution in [-0.4, -0.2) is 47.4 Å². The zero-order chi connectivity index (χ0) is 50.0. The first-order valence-electron chi connectivity index (χ1n) is 31.1. The zero-order valence-electron chi connectivity index (χ0n) is 46.6. The standard InChI is InChI=1S/C63H121NO5/c1-3-5-7-9-11-13-15-17-18-29-33-37-41-45-49-53-57-63(68)69-58-54-50-46-42-38-34-30-27-25-23-21-19-20-22-24-26-28-32-36-40-44-48-52-56-62(67)64-60(59-65)61(66)55-51-47-43-39-35-31-16-14-12-10-8-6-4-2/h18,29,51,55,60-61,65-66H,3-17,19-28,30-50,52-54,56-59H2,1-2H3,(H,64,67)/b29-18-,55-51+. The monoisotopic (exact) mass is 972 g/mol. The molecule has 0 heterocycles. The molecule has 0 rings (SSSR count). The molecule has 0 aliphatic heterocycles. The van der Waals surface area contributed by atoms with Gasteiger partial charge in [-0.15, -0.1) is 0 Å². The van der Waals surface area contributed by atoms with Crippen LogP contribution in [0.25, 0.3) is 0 Å². The Morgan fingerprint density at radius 2 is 0.681 bits per heavy atom. The molecule has 2 unspecified atom stereocenters. The second-order valence-electron chi connectivity index (χ2n) is 21.4. The highest BCUT2D eigenvalue weighted by Gasteiger charge is 2.18. The van der Waals surface area contributed by atoms with E-state index in [1.165, 1.54) is 270 Å². The number of esters is 1. The zero-order valence-corrected chi connectivity index (χ0v) is 46.6. The fourth-order valence-electron chi connectivity index (χ4n) is 9.69. The summed E-state index contributed by atoms with van der Waals surface area (Å²) in [4.78, 5) is 24.5. The van der Waals surface area contributed by atoms with Crippen molar-refractivity contribution in [3.8, 4) is 0 Å². The summed E-state index contributed by atoms with van der Waals surface area (Å²) in [6.07, 6.45) is 72.2. The summed E-state index contributed by atoms with van der Waals surface area (Å²) >= 11 is 0. The molecule has 0 spiro atoms. The number of aliphatic hydroxyl groups is 2. The molecule has 0 aromatic heterocycles. The average Bonchev–Trinajstić information content (AvgIpc) is 3.35. The summed E-state index contributed by atoms with van der Waals surface area (Å²) in [6.45, 7) is 4.91. The number of rotatable bonds is 58. The van der Waals surface area contributed by atoms with Crippen molar-refractivity contribution >= 4 is 11.9 Å². The van der Waals surface area contributed by atoms with Gasteiger partial charge in [-0.2, -0.15) is 0 Å².